The molecule has 1 unspecified atom stereocenters. The van der Waals surface area contributed by atoms with Gasteiger partial charge in [0.1, 0.15) is 17.7 Å². The van der Waals surface area contributed by atoms with Gasteiger partial charge in [0, 0.05) is 11.1 Å². The minimum Gasteiger partial charge on any atom is -0.458 e. The van der Waals surface area contributed by atoms with Crippen LogP contribution in [-0.4, -0.2) is 39.6 Å². The van der Waals surface area contributed by atoms with Crippen LogP contribution < -0.4 is 5.32 Å². The Balaban J connectivity index is 1.32. The lowest BCUT2D eigenvalue weighted by molar-refractivity contribution is -0.149. The summed E-state index contributed by atoms with van der Waals surface area (Å²) < 4.78 is 5.32. The minimum atomic E-state index is -1.08. The summed E-state index contributed by atoms with van der Waals surface area (Å²) in [5.74, 6) is -1.92. The van der Waals surface area contributed by atoms with Crippen molar-refractivity contribution in [3.05, 3.63) is 80.3 Å². The first-order valence-electron chi connectivity index (χ1n) is 11.1. The third-order valence-electron chi connectivity index (χ3n) is 5.74. The molecule has 1 N–H and O–H groups in total. The number of carbonyl (C=O) groups excluding carboxylic acids is 4. The van der Waals surface area contributed by atoms with Gasteiger partial charge in [-0.05, 0) is 57.0 Å². The molecule has 0 saturated heterocycles. The summed E-state index contributed by atoms with van der Waals surface area (Å²) in [7, 11) is 0. The van der Waals surface area contributed by atoms with E-state index in [1.54, 1.807) is 23.6 Å². The molecule has 1 atom stereocenters. The van der Waals surface area contributed by atoms with Gasteiger partial charge in [0.25, 0.3) is 11.8 Å². The number of hydrogen-bond donors (Lipinski definition) is 1. The van der Waals surface area contributed by atoms with E-state index in [1.165, 1.54) is 18.3 Å². The van der Waals surface area contributed by atoms with E-state index in [1.807, 2.05) is 39.0 Å². The van der Waals surface area contributed by atoms with Gasteiger partial charge in [0.05, 0.1) is 23.2 Å². The Morgan fingerprint density at radius 2 is 1.71 bits per heavy atom. The number of ether oxygens (including phenoxy) is 1. The summed E-state index contributed by atoms with van der Waals surface area (Å²) in [5, 5.41) is 5.19. The zero-order chi connectivity index (χ0) is 25.3. The number of imide groups is 1. The number of thiazole rings is 1. The summed E-state index contributed by atoms with van der Waals surface area (Å²) in [6.07, 6.45) is 0.0941. The molecule has 4 rings (SSSR count). The van der Waals surface area contributed by atoms with Crippen molar-refractivity contribution in [2.45, 2.75) is 46.8 Å². The van der Waals surface area contributed by atoms with Crippen LogP contribution in [0.3, 0.4) is 0 Å². The van der Waals surface area contributed by atoms with Crippen molar-refractivity contribution < 1.29 is 23.9 Å². The number of amides is 3. The fraction of sp³-hybridized carbons (Fsp3) is 0.269. The molecule has 3 aromatic rings. The lowest BCUT2D eigenvalue weighted by Gasteiger charge is -2.20. The summed E-state index contributed by atoms with van der Waals surface area (Å²) in [5.41, 5.74) is 4.69. The third-order valence-corrected chi connectivity index (χ3v) is 6.64. The molecule has 35 heavy (non-hydrogen) atoms. The Kier molecular flexibility index (Phi) is 6.79. The summed E-state index contributed by atoms with van der Waals surface area (Å²) >= 11 is 1.29. The first-order valence-corrected chi connectivity index (χ1v) is 12.0. The van der Waals surface area contributed by atoms with E-state index < -0.39 is 23.8 Å². The van der Waals surface area contributed by atoms with Crippen molar-refractivity contribution in [1.29, 1.82) is 0 Å². The third kappa shape index (κ3) is 5.14. The van der Waals surface area contributed by atoms with Gasteiger partial charge in [-0.15, -0.1) is 11.3 Å². The van der Waals surface area contributed by atoms with Crippen LogP contribution in [0.4, 0.5) is 5.69 Å². The maximum Gasteiger partial charge on any atom is 0.329 e. The zero-order valence-corrected chi connectivity index (χ0v) is 20.7. The van der Waals surface area contributed by atoms with E-state index in [0.717, 1.165) is 27.3 Å². The van der Waals surface area contributed by atoms with Crippen molar-refractivity contribution in [1.82, 2.24) is 9.88 Å². The van der Waals surface area contributed by atoms with Gasteiger partial charge in [0.2, 0.25) is 5.91 Å². The van der Waals surface area contributed by atoms with Crippen LogP contribution in [-0.2, 0) is 27.4 Å². The zero-order valence-electron chi connectivity index (χ0n) is 19.9. The molecule has 8 nitrogen and oxygen atoms in total. The monoisotopic (exact) mass is 491 g/mol. The fourth-order valence-corrected chi connectivity index (χ4v) is 4.57. The average Bonchev–Trinajstić information content (AvgIpc) is 3.35. The van der Waals surface area contributed by atoms with Gasteiger partial charge >= 0.3 is 5.97 Å². The SMILES string of the molecule is Cc1ccc(C)c(NC(=O)Cc2nc(COC(=O)C(C)N3C(=O)c4ccc(C)cc4C3=O)cs2)c1. The second kappa shape index (κ2) is 9.79. The summed E-state index contributed by atoms with van der Waals surface area (Å²) in [4.78, 5) is 55.7. The molecule has 0 saturated carbocycles. The molecule has 1 aliphatic rings. The molecule has 0 aliphatic carbocycles. The van der Waals surface area contributed by atoms with E-state index in [9.17, 15) is 19.2 Å². The molecule has 1 aliphatic heterocycles. The van der Waals surface area contributed by atoms with E-state index in [4.69, 9.17) is 4.74 Å². The normalized spacial score (nSPS) is 13.5. The van der Waals surface area contributed by atoms with Crippen LogP contribution in [0.2, 0.25) is 0 Å². The first-order chi connectivity index (χ1) is 16.6. The number of nitrogens with zero attached hydrogens (tertiary/aromatic N) is 2. The Hall–Kier alpha value is -3.85. The number of carbonyl (C=O) groups is 4. The maximum absolute atomic E-state index is 12.7. The number of esters is 1. The highest BCUT2D eigenvalue weighted by Crippen LogP contribution is 2.26. The van der Waals surface area contributed by atoms with Crippen LogP contribution in [0.25, 0.3) is 0 Å². The number of aryl methyl sites for hydroxylation is 3. The average molecular weight is 492 g/mol. The lowest BCUT2D eigenvalue weighted by atomic mass is 10.1. The summed E-state index contributed by atoms with van der Waals surface area (Å²) in [6.45, 7) is 7.05. The lowest BCUT2D eigenvalue weighted by Crippen LogP contribution is -2.43. The molecule has 180 valence electrons. The highest BCUT2D eigenvalue weighted by atomic mass is 32.1. The molecule has 0 bridgehead atoms. The van der Waals surface area contributed by atoms with Crippen LogP contribution in [0.5, 0.6) is 0 Å². The molecule has 2 heterocycles. The molecule has 0 spiro atoms. The van der Waals surface area contributed by atoms with Crippen molar-refractivity contribution >= 4 is 40.7 Å². The van der Waals surface area contributed by atoms with Gasteiger partial charge in [0.15, 0.2) is 0 Å². The largest absolute Gasteiger partial charge is 0.458 e. The number of nitrogens with one attached hydrogen (secondary N) is 1. The topological polar surface area (TPSA) is 106 Å². The molecule has 2 aromatic carbocycles. The first kappa shape index (κ1) is 24.3. The van der Waals surface area contributed by atoms with E-state index in [0.29, 0.717) is 10.7 Å². The van der Waals surface area contributed by atoms with Crippen molar-refractivity contribution in [3.63, 3.8) is 0 Å². The summed E-state index contributed by atoms with van der Waals surface area (Å²) in [6, 6.07) is 9.75. The van der Waals surface area contributed by atoms with Crippen LogP contribution in [0, 0.1) is 20.8 Å². The van der Waals surface area contributed by atoms with Gasteiger partial charge in [-0.3, -0.25) is 19.3 Å². The molecular formula is C26H25N3O5S. The number of anilines is 1. The Labute approximate surface area is 206 Å². The number of rotatable bonds is 7. The molecule has 0 radical (unpaired) electrons. The van der Waals surface area contributed by atoms with E-state index >= 15 is 0 Å². The van der Waals surface area contributed by atoms with Crippen LogP contribution >= 0.6 is 11.3 Å². The molecule has 0 fully saturated rings. The minimum absolute atomic E-state index is 0.0941. The van der Waals surface area contributed by atoms with E-state index in [-0.39, 0.29) is 30.1 Å². The highest BCUT2D eigenvalue weighted by molar-refractivity contribution is 7.09. The standard InChI is InChI=1S/C26H25N3O5S/c1-14-6-8-19-20(9-14)25(32)29(24(19)31)17(4)26(33)34-12-18-13-35-23(27-18)11-22(30)28-21-10-15(2)5-7-16(21)3/h5-10,13,17H,11-12H2,1-4H3,(H,28,30). The fourth-order valence-electron chi connectivity index (χ4n) is 3.79. The second-order valence-electron chi connectivity index (χ2n) is 8.59. The molecular weight excluding hydrogens is 466 g/mol. The van der Waals surface area contributed by atoms with Crippen molar-refractivity contribution in [3.8, 4) is 0 Å². The number of hydrogen-bond acceptors (Lipinski definition) is 7. The highest BCUT2D eigenvalue weighted by Gasteiger charge is 2.41. The van der Waals surface area contributed by atoms with Crippen molar-refractivity contribution in [2.24, 2.45) is 0 Å². The molecule has 1 aromatic heterocycles. The smallest absolute Gasteiger partial charge is 0.329 e. The van der Waals surface area contributed by atoms with Gasteiger partial charge < -0.3 is 10.1 Å². The Bertz CT molecular complexity index is 1350. The predicted molar refractivity (Wildman–Crippen MR) is 131 cm³/mol. The molecule has 9 heteroatoms. The van der Waals surface area contributed by atoms with E-state index in [2.05, 4.69) is 10.3 Å². The Morgan fingerprint density at radius 3 is 2.49 bits per heavy atom. The van der Waals surface area contributed by atoms with Crippen molar-refractivity contribution in [2.75, 3.05) is 5.32 Å². The maximum atomic E-state index is 12.7. The van der Waals surface area contributed by atoms with Crippen LogP contribution in [0.15, 0.2) is 41.8 Å². The number of aromatic nitrogens is 1. The van der Waals surface area contributed by atoms with Crippen LogP contribution in [0.1, 0.15) is 55.0 Å². The Morgan fingerprint density at radius 1 is 1.03 bits per heavy atom. The van der Waals surface area contributed by atoms with Gasteiger partial charge in [-0.1, -0.05) is 23.8 Å². The quantitative estimate of drug-likeness (QED) is 0.396. The second-order valence-corrected chi connectivity index (χ2v) is 9.53. The predicted octanol–water partition coefficient (Wildman–Crippen LogP) is 3.98. The molecule has 3 amide bonds. The number of fused-ring (bicyclic) bond motifs is 1. The van der Waals surface area contributed by atoms with Gasteiger partial charge in [-0.2, -0.15) is 0 Å². The number of benzene rings is 2. The van der Waals surface area contributed by atoms with Gasteiger partial charge in [-0.25, -0.2) is 9.78 Å².